The monoisotopic (exact) mass is 897 g/mol. The summed E-state index contributed by atoms with van der Waals surface area (Å²) in [5, 5.41) is 5.85. The number of carbonyl (C=O) groups is 4. The SMILES string of the molecule is CCN(C)S(=O)(=O)Nc1ccc(F)c(C(=O)c2c[nH]c3ncc(-c4ccc(N5CCC(NC(=O)CN6CCC(c7ccc(OC8CCC(=O)NC8=O)cc7)CC6)CC5)nc4)cc23)c1F. The molecule has 0 bridgehead atoms. The summed E-state index contributed by atoms with van der Waals surface area (Å²) in [5.41, 5.74) is 1.32. The molecule has 3 saturated heterocycles. The summed E-state index contributed by atoms with van der Waals surface area (Å²) in [6, 6.07) is 15.1. The highest BCUT2D eigenvalue weighted by Gasteiger charge is 2.30. The molecule has 0 aliphatic carbocycles. The van der Waals surface area contributed by atoms with Gasteiger partial charge in [0.05, 0.1) is 17.8 Å². The van der Waals surface area contributed by atoms with Crippen LogP contribution in [0, 0.1) is 11.6 Å². The van der Waals surface area contributed by atoms with E-state index >= 15 is 8.78 Å². The number of halogens is 2. The van der Waals surface area contributed by atoms with Gasteiger partial charge in [-0.15, -0.1) is 0 Å². The van der Waals surface area contributed by atoms with Crippen LogP contribution < -0.4 is 25.0 Å². The van der Waals surface area contributed by atoms with Gasteiger partial charge in [-0.3, -0.25) is 34.1 Å². The Morgan fingerprint density at radius 2 is 1.66 bits per heavy atom. The second-order valence-electron chi connectivity index (χ2n) is 16.4. The largest absolute Gasteiger partial charge is 0.481 e. The molecule has 3 aliphatic heterocycles. The van der Waals surface area contributed by atoms with Gasteiger partial charge in [0.25, 0.3) is 5.91 Å². The van der Waals surface area contributed by atoms with Crippen molar-refractivity contribution >= 4 is 56.3 Å². The first-order valence-corrected chi connectivity index (χ1v) is 22.8. The van der Waals surface area contributed by atoms with Gasteiger partial charge in [0, 0.05) is 86.2 Å². The number of ketones is 1. The number of rotatable bonds is 14. The fourth-order valence-electron chi connectivity index (χ4n) is 8.38. The zero-order chi connectivity index (χ0) is 45.1. The minimum Gasteiger partial charge on any atom is -0.481 e. The molecule has 0 spiro atoms. The third-order valence-corrected chi connectivity index (χ3v) is 13.8. The van der Waals surface area contributed by atoms with E-state index in [0.29, 0.717) is 59.9 Å². The van der Waals surface area contributed by atoms with Crippen molar-refractivity contribution in [3.8, 4) is 16.9 Å². The maximum atomic E-state index is 15.6. The number of hydrogen-bond acceptors (Lipinski definition) is 11. The normalized spacial score (nSPS) is 18.0. The second kappa shape index (κ2) is 18.8. The summed E-state index contributed by atoms with van der Waals surface area (Å²) < 4.78 is 64.6. The van der Waals surface area contributed by atoms with Crippen LogP contribution in [0.3, 0.4) is 0 Å². The van der Waals surface area contributed by atoms with Gasteiger partial charge in [0.15, 0.2) is 11.9 Å². The number of nitrogens with zero attached hydrogens (tertiary/aromatic N) is 5. The molecule has 3 fully saturated rings. The molecule has 6 heterocycles. The van der Waals surface area contributed by atoms with Crippen LogP contribution in [-0.4, -0.2) is 115 Å². The summed E-state index contributed by atoms with van der Waals surface area (Å²) in [6.45, 7) is 5.06. The minimum atomic E-state index is -4.15. The number of pyridine rings is 2. The Morgan fingerprint density at radius 1 is 0.922 bits per heavy atom. The van der Waals surface area contributed by atoms with Crippen molar-refractivity contribution < 1.29 is 41.1 Å². The first-order valence-electron chi connectivity index (χ1n) is 21.3. The number of hydrogen-bond donors (Lipinski definition) is 4. The van der Waals surface area contributed by atoms with Crippen LogP contribution in [-0.2, 0) is 24.6 Å². The second-order valence-corrected chi connectivity index (χ2v) is 18.1. The molecule has 16 nitrogen and oxygen atoms in total. The van der Waals surface area contributed by atoms with Gasteiger partial charge in [0.1, 0.15) is 23.0 Å². The van der Waals surface area contributed by atoms with Crippen LogP contribution in [0.2, 0.25) is 0 Å². The summed E-state index contributed by atoms with van der Waals surface area (Å²) in [6.07, 6.45) is 7.94. The van der Waals surface area contributed by atoms with Gasteiger partial charge in [-0.25, -0.2) is 18.7 Å². The van der Waals surface area contributed by atoms with Crippen LogP contribution in [0.4, 0.5) is 20.3 Å². The van der Waals surface area contributed by atoms with Crippen molar-refractivity contribution in [2.24, 2.45) is 0 Å². The van der Waals surface area contributed by atoms with Crippen molar-refractivity contribution in [2.75, 3.05) is 55.9 Å². The minimum absolute atomic E-state index is 0.0128. The number of aromatic nitrogens is 3. The highest BCUT2D eigenvalue weighted by atomic mass is 32.2. The standard InChI is InChI=1S/C45H49F2N9O7S/c1-3-54(2)64(61,62)53-36-10-9-35(46)41(42(36)47)43(59)34-25-50-44-33(34)22-30(24-49-44)29-6-12-38(48-23-29)56-20-16-31(17-21-56)51-40(58)26-55-18-14-28(15-19-55)27-4-7-32(8-5-27)63-37-11-13-39(57)52-45(37)60/h4-10,12,22-25,28,31,37,53H,3,11,13-21,26H2,1-2H3,(H,49,50)(H,51,58)(H,52,57,60). The van der Waals surface area contributed by atoms with E-state index in [9.17, 15) is 27.6 Å². The number of imide groups is 1. The van der Waals surface area contributed by atoms with Crippen LogP contribution >= 0.6 is 0 Å². The fraction of sp³-hybridized carbons (Fsp3) is 0.378. The predicted octanol–water partition coefficient (Wildman–Crippen LogP) is 4.89. The van der Waals surface area contributed by atoms with Gasteiger partial charge in [-0.05, 0) is 92.7 Å². The van der Waals surface area contributed by atoms with Crippen LogP contribution in [0.5, 0.6) is 5.75 Å². The lowest BCUT2D eigenvalue weighted by Gasteiger charge is -2.34. The lowest BCUT2D eigenvalue weighted by atomic mass is 9.89. The van der Waals surface area contributed by atoms with E-state index in [4.69, 9.17) is 9.72 Å². The van der Waals surface area contributed by atoms with Gasteiger partial charge in [-0.1, -0.05) is 19.1 Å². The van der Waals surface area contributed by atoms with Crippen LogP contribution in [0.15, 0.2) is 73.2 Å². The fourth-order valence-corrected chi connectivity index (χ4v) is 9.31. The van der Waals surface area contributed by atoms with Gasteiger partial charge >= 0.3 is 10.2 Å². The van der Waals surface area contributed by atoms with E-state index in [1.54, 1.807) is 25.4 Å². The van der Waals surface area contributed by atoms with E-state index < -0.39 is 50.9 Å². The summed E-state index contributed by atoms with van der Waals surface area (Å²) in [5.74, 6) is -2.41. The molecule has 0 radical (unpaired) electrons. The molecular weight excluding hydrogens is 849 g/mol. The third-order valence-electron chi connectivity index (χ3n) is 12.2. The Morgan fingerprint density at radius 3 is 2.34 bits per heavy atom. The van der Waals surface area contributed by atoms with E-state index in [0.717, 1.165) is 61.0 Å². The van der Waals surface area contributed by atoms with Crippen molar-refractivity contribution in [1.29, 1.82) is 0 Å². The van der Waals surface area contributed by atoms with Crippen LogP contribution in [0.25, 0.3) is 22.2 Å². The lowest BCUT2D eigenvalue weighted by molar-refractivity contribution is -0.139. The maximum absolute atomic E-state index is 15.6. The van der Waals surface area contributed by atoms with Gasteiger partial charge in [0.2, 0.25) is 17.6 Å². The average Bonchev–Trinajstić information content (AvgIpc) is 3.72. The molecule has 8 rings (SSSR count). The summed E-state index contributed by atoms with van der Waals surface area (Å²) in [7, 11) is -2.85. The Balaban J connectivity index is 0.813. The molecular formula is C45H49F2N9O7S. The first kappa shape index (κ1) is 44.3. The molecule has 5 aromatic rings. The predicted molar refractivity (Wildman–Crippen MR) is 235 cm³/mol. The topological polar surface area (TPSA) is 199 Å². The Bertz CT molecular complexity index is 2670. The van der Waals surface area contributed by atoms with Crippen molar-refractivity contribution in [1.82, 2.24) is 34.8 Å². The maximum Gasteiger partial charge on any atom is 0.301 e. The molecule has 0 saturated carbocycles. The van der Waals surface area contributed by atoms with E-state index in [1.165, 1.54) is 18.8 Å². The lowest BCUT2D eigenvalue weighted by Crippen LogP contribution is -2.48. The highest BCUT2D eigenvalue weighted by molar-refractivity contribution is 7.90. The average molecular weight is 898 g/mol. The van der Waals surface area contributed by atoms with E-state index in [1.807, 2.05) is 36.4 Å². The van der Waals surface area contributed by atoms with Crippen molar-refractivity contribution in [3.05, 3.63) is 102 Å². The molecule has 1 atom stereocenters. The smallest absolute Gasteiger partial charge is 0.301 e. The number of benzene rings is 2. The number of likely N-dealkylation sites (tertiary alicyclic amines) is 1. The number of nitrogens with one attached hydrogen (secondary N) is 4. The van der Waals surface area contributed by atoms with Crippen molar-refractivity contribution in [3.63, 3.8) is 0 Å². The van der Waals surface area contributed by atoms with E-state index in [-0.39, 0.29) is 36.4 Å². The molecule has 3 aliphatic rings. The summed E-state index contributed by atoms with van der Waals surface area (Å²) >= 11 is 0. The molecule has 64 heavy (non-hydrogen) atoms. The Labute approximate surface area is 368 Å². The number of carbonyl (C=O) groups excluding carboxylic acids is 4. The van der Waals surface area contributed by atoms with Crippen molar-refractivity contribution in [2.45, 2.75) is 63.5 Å². The van der Waals surface area contributed by atoms with E-state index in [2.05, 4.69) is 35.1 Å². The molecule has 3 aromatic heterocycles. The molecule has 3 amide bonds. The zero-order valence-electron chi connectivity index (χ0n) is 35.4. The van der Waals surface area contributed by atoms with Crippen LogP contribution in [0.1, 0.15) is 72.9 Å². The number of anilines is 2. The van der Waals surface area contributed by atoms with Gasteiger partial charge < -0.3 is 19.9 Å². The van der Waals surface area contributed by atoms with Gasteiger partial charge in [-0.2, -0.15) is 12.7 Å². The highest BCUT2D eigenvalue weighted by Crippen LogP contribution is 2.32. The molecule has 19 heteroatoms. The first-order chi connectivity index (χ1) is 30.8. The number of amides is 3. The molecule has 336 valence electrons. The number of piperidine rings is 3. The zero-order valence-corrected chi connectivity index (χ0v) is 36.2. The molecule has 1 unspecified atom stereocenters. The molecule has 4 N–H and O–H groups in total. The summed E-state index contributed by atoms with van der Waals surface area (Å²) in [4.78, 5) is 66.5. The number of aromatic amines is 1. The Hall–Kier alpha value is -6.31. The quantitative estimate of drug-likeness (QED) is 0.0875. The number of H-pyrrole nitrogens is 1. The number of fused-ring (bicyclic) bond motifs is 1. The molecule has 2 aromatic carbocycles. The number of ether oxygens (including phenoxy) is 1. The Kier molecular flexibility index (Phi) is 13.0. The third kappa shape index (κ3) is 9.75.